The van der Waals surface area contributed by atoms with Crippen molar-refractivity contribution in [1.29, 1.82) is 0 Å². The maximum atomic E-state index is 14.2. The number of amides is 2. The minimum atomic E-state index is -4.19. The van der Waals surface area contributed by atoms with Gasteiger partial charge in [-0.05, 0) is 80.8 Å². The Kier molecular flexibility index (Phi) is 12.7. The van der Waals surface area contributed by atoms with Gasteiger partial charge in [-0.15, -0.1) is 0 Å². The summed E-state index contributed by atoms with van der Waals surface area (Å²) in [6.07, 6.45) is 2.02. The van der Waals surface area contributed by atoms with Crippen LogP contribution in [0.15, 0.2) is 71.6 Å². The van der Waals surface area contributed by atoms with Gasteiger partial charge < -0.3 is 15.0 Å². The average Bonchev–Trinajstić information content (AvgIpc) is 2.98. The van der Waals surface area contributed by atoms with Gasteiger partial charge in [-0.1, -0.05) is 67.2 Å². The summed E-state index contributed by atoms with van der Waals surface area (Å²) < 4.78 is 34.6. The van der Waals surface area contributed by atoms with E-state index in [9.17, 15) is 18.0 Å². The summed E-state index contributed by atoms with van der Waals surface area (Å²) in [5.74, 6) is -0.314. The van der Waals surface area contributed by atoms with Gasteiger partial charge in [0, 0.05) is 13.1 Å². The number of anilines is 1. The zero-order valence-electron chi connectivity index (χ0n) is 25.0. The van der Waals surface area contributed by atoms with Crippen LogP contribution in [-0.4, -0.2) is 50.9 Å². The number of nitrogens with one attached hydrogen (secondary N) is 1. The number of halogens is 2. The number of hydrogen-bond acceptors (Lipinski definition) is 5. The average molecular weight is 649 g/mol. The molecule has 3 aromatic rings. The molecule has 0 aliphatic rings. The minimum Gasteiger partial charge on any atom is -0.494 e. The lowest BCUT2D eigenvalue weighted by Crippen LogP contribution is -2.52. The quantitative estimate of drug-likeness (QED) is 0.187. The minimum absolute atomic E-state index is 0.00436. The van der Waals surface area contributed by atoms with Gasteiger partial charge in [0.05, 0.1) is 27.2 Å². The third kappa shape index (κ3) is 9.11. The van der Waals surface area contributed by atoms with Gasteiger partial charge in [-0.2, -0.15) is 0 Å². The molecule has 8 nitrogen and oxygen atoms in total. The molecule has 0 aliphatic carbocycles. The molecule has 1 atom stereocenters. The number of sulfonamides is 1. The first kappa shape index (κ1) is 34.2. The molecular weight excluding hydrogens is 609 g/mol. The van der Waals surface area contributed by atoms with E-state index in [0.717, 1.165) is 22.7 Å². The molecule has 0 radical (unpaired) electrons. The van der Waals surface area contributed by atoms with E-state index < -0.39 is 28.5 Å². The Morgan fingerprint density at radius 2 is 1.60 bits per heavy atom. The van der Waals surface area contributed by atoms with Gasteiger partial charge in [0.15, 0.2) is 0 Å². The lowest BCUT2D eigenvalue weighted by atomic mass is 10.1. The molecule has 0 aliphatic heterocycles. The number of hydrogen-bond donors (Lipinski definition) is 1. The molecule has 0 saturated heterocycles. The van der Waals surface area contributed by atoms with Gasteiger partial charge >= 0.3 is 0 Å². The van der Waals surface area contributed by atoms with Crippen LogP contribution < -0.4 is 14.4 Å². The van der Waals surface area contributed by atoms with Crippen molar-refractivity contribution in [3.63, 3.8) is 0 Å². The molecule has 43 heavy (non-hydrogen) atoms. The van der Waals surface area contributed by atoms with Crippen LogP contribution in [0.25, 0.3) is 0 Å². The van der Waals surface area contributed by atoms with Gasteiger partial charge in [-0.3, -0.25) is 13.9 Å². The molecule has 1 N–H and O–H groups in total. The van der Waals surface area contributed by atoms with E-state index in [1.807, 2.05) is 27.7 Å². The maximum Gasteiger partial charge on any atom is 0.264 e. The first-order valence-electron chi connectivity index (χ1n) is 14.3. The third-order valence-corrected chi connectivity index (χ3v) is 9.40. The molecule has 0 spiro atoms. The molecule has 0 heterocycles. The summed E-state index contributed by atoms with van der Waals surface area (Å²) in [4.78, 5) is 28.9. The van der Waals surface area contributed by atoms with Crippen LogP contribution in [0.3, 0.4) is 0 Å². The smallest absolute Gasteiger partial charge is 0.264 e. The predicted molar refractivity (Wildman–Crippen MR) is 172 cm³/mol. The third-order valence-electron chi connectivity index (χ3n) is 6.88. The molecule has 0 saturated carbocycles. The Balaban J connectivity index is 2.04. The molecule has 0 aromatic heterocycles. The summed E-state index contributed by atoms with van der Waals surface area (Å²) in [5.41, 5.74) is 1.91. The van der Waals surface area contributed by atoms with Gasteiger partial charge in [0.25, 0.3) is 10.0 Å². The second-order valence-electron chi connectivity index (χ2n) is 10.1. The number of benzene rings is 3. The monoisotopic (exact) mass is 647 g/mol. The molecule has 0 bridgehead atoms. The van der Waals surface area contributed by atoms with Crippen molar-refractivity contribution >= 4 is 50.7 Å². The first-order valence-corrected chi connectivity index (χ1v) is 16.5. The zero-order chi connectivity index (χ0) is 31.6. The van der Waals surface area contributed by atoms with Crippen molar-refractivity contribution in [2.24, 2.45) is 0 Å². The number of carbonyl (C=O) groups excluding carboxylic acids is 2. The molecule has 0 fully saturated rings. The molecule has 3 rings (SSSR count). The van der Waals surface area contributed by atoms with Gasteiger partial charge in [0.2, 0.25) is 11.8 Å². The van der Waals surface area contributed by atoms with Crippen LogP contribution in [0.1, 0.15) is 51.2 Å². The topological polar surface area (TPSA) is 96.0 Å². The highest BCUT2D eigenvalue weighted by Crippen LogP contribution is 2.28. The fraction of sp³-hybridized carbons (Fsp3) is 0.375. The van der Waals surface area contributed by atoms with E-state index in [2.05, 4.69) is 5.32 Å². The summed E-state index contributed by atoms with van der Waals surface area (Å²) in [7, 11) is -4.19. The zero-order valence-corrected chi connectivity index (χ0v) is 27.3. The van der Waals surface area contributed by atoms with E-state index in [1.54, 1.807) is 54.6 Å². The van der Waals surface area contributed by atoms with Gasteiger partial charge in [-0.25, -0.2) is 8.42 Å². The number of nitrogens with zero attached hydrogens (tertiary/aromatic N) is 2. The maximum absolute atomic E-state index is 14.2. The highest BCUT2D eigenvalue weighted by molar-refractivity contribution is 7.92. The van der Waals surface area contributed by atoms with E-state index in [0.29, 0.717) is 46.6 Å². The van der Waals surface area contributed by atoms with Crippen LogP contribution >= 0.6 is 23.2 Å². The molecule has 11 heteroatoms. The SMILES string of the molecule is CCCCNC(=O)[C@@H](CC)N(Cc1ccc(Cl)c(Cl)c1)C(=O)CN(c1ccc(C)cc1)S(=O)(=O)c1ccc(OCC)cc1. The normalized spacial score (nSPS) is 12.0. The van der Waals surface area contributed by atoms with Gasteiger partial charge in [0.1, 0.15) is 18.3 Å². The lowest BCUT2D eigenvalue weighted by Gasteiger charge is -2.33. The highest BCUT2D eigenvalue weighted by Gasteiger charge is 2.33. The Morgan fingerprint density at radius 3 is 2.19 bits per heavy atom. The Morgan fingerprint density at radius 1 is 0.930 bits per heavy atom. The number of rotatable bonds is 15. The number of aryl methyl sites for hydroxylation is 1. The van der Waals surface area contributed by atoms with Crippen molar-refractivity contribution in [3.8, 4) is 5.75 Å². The summed E-state index contributed by atoms with van der Waals surface area (Å²) in [6, 6.07) is 17.1. The van der Waals surface area contributed by atoms with E-state index in [1.165, 1.54) is 17.0 Å². The van der Waals surface area contributed by atoms with Crippen LogP contribution in [0.5, 0.6) is 5.75 Å². The summed E-state index contributed by atoms with van der Waals surface area (Å²) in [6.45, 7) is 7.98. The number of carbonyl (C=O) groups is 2. The first-order chi connectivity index (χ1) is 20.5. The largest absolute Gasteiger partial charge is 0.494 e. The standard InChI is InChI=1S/C32H39Cl2N3O5S/c1-5-8-19-35-32(39)30(6-2)36(21-24-11-18-28(33)29(34)20-24)31(38)22-37(25-12-9-23(4)10-13-25)43(40,41)27-16-14-26(15-17-27)42-7-3/h9-18,20,30H,5-8,19,21-22H2,1-4H3,(H,35,39)/t30-/m1/s1. The molecular formula is C32H39Cl2N3O5S. The van der Waals surface area contributed by atoms with Crippen molar-refractivity contribution < 1.29 is 22.7 Å². The summed E-state index contributed by atoms with van der Waals surface area (Å²) in [5, 5.41) is 3.59. The fourth-order valence-corrected chi connectivity index (χ4v) is 6.24. The number of unbranched alkanes of at least 4 members (excludes halogenated alkanes) is 1. The van der Waals surface area contributed by atoms with Crippen LogP contribution in [0.4, 0.5) is 5.69 Å². The van der Waals surface area contributed by atoms with Crippen LogP contribution in [0, 0.1) is 6.92 Å². The van der Waals surface area contributed by atoms with Crippen LogP contribution in [-0.2, 0) is 26.2 Å². The molecule has 0 unspecified atom stereocenters. The van der Waals surface area contributed by atoms with Crippen molar-refractivity contribution in [2.45, 2.75) is 64.4 Å². The molecule has 3 aromatic carbocycles. The Labute approximate surface area is 265 Å². The van der Waals surface area contributed by atoms with Crippen molar-refractivity contribution in [3.05, 3.63) is 87.9 Å². The van der Waals surface area contributed by atoms with Crippen molar-refractivity contribution in [2.75, 3.05) is 24.0 Å². The highest BCUT2D eigenvalue weighted by atomic mass is 35.5. The predicted octanol–water partition coefficient (Wildman–Crippen LogP) is 6.62. The van der Waals surface area contributed by atoms with E-state index in [-0.39, 0.29) is 17.3 Å². The summed E-state index contributed by atoms with van der Waals surface area (Å²) >= 11 is 12.4. The molecule has 2 amide bonds. The number of ether oxygens (including phenoxy) is 1. The fourth-order valence-electron chi connectivity index (χ4n) is 4.50. The van der Waals surface area contributed by atoms with Crippen molar-refractivity contribution in [1.82, 2.24) is 10.2 Å². The second kappa shape index (κ2) is 16.0. The van der Waals surface area contributed by atoms with Crippen LogP contribution in [0.2, 0.25) is 10.0 Å². The Bertz CT molecular complexity index is 1480. The second-order valence-corrected chi connectivity index (χ2v) is 12.8. The molecule has 232 valence electrons. The van der Waals surface area contributed by atoms with E-state index >= 15 is 0 Å². The lowest BCUT2D eigenvalue weighted by molar-refractivity contribution is -0.140. The van der Waals surface area contributed by atoms with E-state index in [4.69, 9.17) is 27.9 Å². The Hall–Kier alpha value is -3.27.